The summed E-state index contributed by atoms with van der Waals surface area (Å²) in [7, 11) is -6.16. The van der Waals surface area contributed by atoms with Crippen LogP contribution in [0.3, 0.4) is 0 Å². The molecular weight excluding hydrogens is 602 g/mol. The maximum absolute atomic E-state index is 7.06. The first kappa shape index (κ1) is 27.0. The van der Waals surface area contributed by atoms with Crippen molar-refractivity contribution in [3.8, 4) is 11.5 Å². The van der Waals surface area contributed by atoms with Crippen molar-refractivity contribution in [1.29, 1.82) is 0 Å². The fourth-order valence-electron chi connectivity index (χ4n) is 5.70. The Bertz CT molecular complexity index is 1740. The monoisotopic (exact) mass is 631 g/mol. The number of fused-ring (bicyclic) bond motifs is 6. The van der Waals surface area contributed by atoms with Gasteiger partial charge in [-0.25, -0.2) is 9.34 Å². The van der Waals surface area contributed by atoms with E-state index in [2.05, 4.69) is 71.7 Å². The van der Waals surface area contributed by atoms with Gasteiger partial charge in [-0.2, -0.15) is 9.03 Å². The van der Waals surface area contributed by atoms with Gasteiger partial charge < -0.3 is 9.05 Å². The lowest BCUT2D eigenvalue weighted by Crippen LogP contribution is -2.30. The van der Waals surface area contributed by atoms with Crippen molar-refractivity contribution in [2.75, 3.05) is 13.1 Å². The van der Waals surface area contributed by atoms with Gasteiger partial charge in [0, 0.05) is 48.1 Å². The first-order chi connectivity index (χ1) is 19.4. The van der Waals surface area contributed by atoms with Crippen LogP contribution in [0.15, 0.2) is 86.3 Å². The molecule has 0 bridgehead atoms. The topological polar surface area (TPSA) is 62.0 Å². The third kappa shape index (κ3) is 4.46. The molecule has 40 heavy (non-hydrogen) atoms. The van der Waals surface area contributed by atoms with Crippen molar-refractivity contribution in [3.05, 3.63) is 83.9 Å². The average Bonchev–Trinajstić information content (AvgIpc) is 2.93. The molecule has 0 aliphatic carbocycles. The minimum atomic E-state index is -3.20. The van der Waals surface area contributed by atoms with Crippen LogP contribution in [-0.4, -0.2) is 22.4 Å². The first-order valence-corrected chi connectivity index (χ1v) is 20.2. The highest BCUT2D eigenvalue weighted by Crippen LogP contribution is 2.85. The van der Waals surface area contributed by atoms with E-state index in [0.29, 0.717) is 13.1 Å². The maximum atomic E-state index is 7.06. The molecule has 0 aromatic heterocycles. The van der Waals surface area contributed by atoms with Gasteiger partial charge in [0.1, 0.15) is 11.5 Å². The third-order valence-electron chi connectivity index (χ3n) is 7.44. The first-order valence-electron chi connectivity index (χ1n) is 13.6. The molecule has 2 spiro atoms. The van der Waals surface area contributed by atoms with E-state index in [-0.39, 0.29) is 0 Å². The molecule has 7 nitrogen and oxygen atoms in total. The van der Waals surface area contributed by atoms with Gasteiger partial charge in [0.05, 0.1) is 0 Å². The Morgan fingerprint density at radius 1 is 0.650 bits per heavy atom. The largest absolute Gasteiger partial charge is 0.429 e. The molecule has 4 aromatic carbocycles. The van der Waals surface area contributed by atoms with Gasteiger partial charge in [-0.15, -0.1) is 4.52 Å². The molecule has 0 saturated carbocycles. The molecule has 3 aliphatic heterocycles. The van der Waals surface area contributed by atoms with Crippen molar-refractivity contribution in [1.82, 2.24) is 9.34 Å². The van der Waals surface area contributed by atoms with Gasteiger partial charge in [-0.1, -0.05) is 86.6 Å². The molecular formula is C28H30Cl2N5O2P3. The van der Waals surface area contributed by atoms with E-state index in [1.165, 1.54) is 0 Å². The molecule has 0 amide bonds. The van der Waals surface area contributed by atoms with E-state index >= 15 is 0 Å². The number of nitrogens with zero attached hydrogens (tertiary/aromatic N) is 5. The fraction of sp³-hybridized carbons (Fsp3) is 0.286. The van der Waals surface area contributed by atoms with Gasteiger partial charge in [0.15, 0.2) is 0 Å². The summed E-state index contributed by atoms with van der Waals surface area (Å²) in [4.78, 5) is 0. The van der Waals surface area contributed by atoms with E-state index in [0.717, 1.165) is 70.1 Å². The SMILES string of the molecule is CCCN1Cc2ccc3ccccc3c2OP12=NP(Cl)(Cl)=NP1(=N2)Oc2c(ccc3ccccc23)CN1CCC. The Balaban J connectivity index is 1.50. The summed E-state index contributed by atoms with van der Waals surface area (Å²) in [5.74, 6) is -1.59. The summed E-state index contributed by atoms with van der Waals surface area (Å²) >= 11 is 14.1. The summed E-state index contributed by atoms with van der Waals surface area (Å²) < 4.78 is 34.1. The lowest BCUT2D eigenvalue weighted by molar-refractivity contribution is 0.358. The van der Waals surface area contributed by atoms with Crippen LogP contribution in [0.5, 0.6) is 11.5 Å². The molecule has 3 heterocycles. The second-order valence-electron chi connectivity index (χ2n) is 10.3. The second kappa shape index (κ2) is 10.2. The van der Waals surface area contributed by atoms with Crippen LogP contribution in [0.1, 0.15) is 37.8 Å². The quantitative estimate of drug-likeness (QED) is 0.210. The Morgan fingerprint density at radius 2 is 1.12 bits per heavy atom. The summed E-state index contributed by atoms with van der Waals surface area (Å²) in [6.45, 7) is 7.09. The Kier molecular flexibility index (Phi) is 6.88. The molecule has 0 saturated heterocycles. The van der Waals surface area contributed by atoms with E-state index in [1.54, 1.807) is 0 Å². The zero-order chi connectivity index (χ0) is 27.5. The van der Waals surface area contributed by atoms with Crippen LogP contribution < -0.4 is 9.05 Å². The normalized spacial score (nSPS) is 25.4. The lowest BCUT2D eigenvalue weighted by Gasteiger charge is -2.44. The fourth-order valence-corrected chi connectivity index (χ4v) is 18.9. The number of hydrogen-bond acceptors (Lipinski definition) is 7. The Morgan fingerprint density at radius 3 is 1.62 bits per heavy atom. The Labute approximate surface area is 244 Å². The minimum Gasteiger partial charge on any atom is -0.429 e. The van der Waals surface area contributed by atoms with Crippen molar-refractivity contribution in [3.63, 3.8) is 0 Å². The number of benzene rings is 4. The van der Waals surface area contributed by atoms with Crippen LogP contribution in [0, 0.1) is 0 Å². The smallest absolute Gasteiger partial charge is 0.335 e. The molecule has 4 aromatic rings. The van der Waals surface area contributed by atoms with Crippen molar-refractivity contribution < 1.29 is 9.05 Å². The Hall–Kier alpha value is -1.81. The molecule has 3 aliphatic rings. The number of rotatable bonds is 4. The van der Waals surface area contributed by atoms with E-state index in [1.807, 2.05) is 24.3 Å². The van der Waals surface area contributed by atoms with Crippen molar-refractivity contribution in [2.24, 2.45) is 13.5 Å². The summed E-state index contributed by atoms with van der Waals surface area (Å²) in [6, 6.07) is 25.1. The van der Waals surface area contributed by atoms with E-state index in [4.69, 9.17) is 45.1 Å². The third-order valence-corrected chi connectivity index (χ3v) is 18.3. The molecule has 2 atom stereocenters. The molecule has 0 radical (unpaired) electrons. The van der Waals surface area contributed by atoms with Gasteiger partial charge in [-0.05, 0) is 46.1 Å². The number of halogens is 2. The van der Waals surface area contributed by atoms with Crippen molar-refractivity contribution in [2.45, 2.75) is 39.8 Å². The molecule has 208 valence electrons. The highest BCUT2D eigenvalue weighted by atomic mass is 35.9. The van der Waals surface area contributed by atoms with Crippen LogP contribution in [-0.2, 0) is 13.1 Å². The van der Waals surface area contributed by atoms with Gasteiger partial charge in [0.25, 0.3) is 5.91 Å². The summed E-state index contributed by atoms with van der Waals surface area (Å²) in [6.07, 6.45) is 1.81. The van der Waals surface area contributed by atoms with Gasteiger partial charge in [0.2, 0.25) is 0 Å². The lowest BCUT2D eigenvalue weighted by atomic mass is 10.1. The predicted molar refractivity (Wildman–Crippen MR) is 170 cm³/mol. The second-order valence-corrected chi connectivity index (χ2v) is 20.2. The van der Waals surface area contributed by atoms with Gasteiger partial charge >= 0.3 is 15.2 Å². The van der Waals surface area contributed by atoms with Crippen molar-refractivity contribution >= 4 is 65.1 Å². The number of hydrogen-bond donors (Lipinski definition) is 0. The zero-order valence-corrected chi connectivity index (χ0v) is 26.5. The van der Waals surface area contributed by atoms with Crippen LogP contribution in [0.25, 0.3) is 21.5 Å². The highest BCUT2D eigenvalue weighted by Gasteiger charge is 2.49. The minimum absolute atomic E-state index is 0.649. The molecule has 0 fully saturated rings. The average molecular weight is 632 g/mol. The van der Waals surface area contributed by atoms with E-state index < -0.39 is 21.1 Å². The van der Waals surface area contributed by atoms with Crippen LogP contribution >= 0.6 is 43.6 Å². The highest BCUT2D eigenvalue weighted by molar-refractivity contribution is 8.13. The van der Waals surface area contributed by atoms with Gasteiger partial charge in [-0.3, -0.25) is 0 Å². The summed E-state index contributed by atoms with van der Waals surface area (Å²) in [5.41, 5.74) is 2.22. The van der Waals surface area contributed by atoms with E-state index in [9.17, 15) is 0 Å². The molecule has 7 rings (SSSR count). The van der Waals surface area contributed by atoms with Crippen LogP contribution in [0.2, 0.25) is 0 Å². The van der Waals surface area contributed by atoms with Crippen LogP contribution in [0.4, 0.5) is 0 Å². The standard InChI is InChI=1S/C28H30Cl2N5O2P3/c1-3-17-34-19-23-15-13-21-9-5-7-11-25(21)27(23)36-39(34)31-38(29,30)32-40(33-39)35(18-4-2)20-24-16-14-22-10-6-8-12-26(22)28(24)37-40/h5-16H,3-4,17-20H2,1-2H3. The summed E-state index contributed by atoms with van der Waals surface area (Å²) in [5, 5.41) is 4.29. The maximum Gasteiger partial charge on any atom is 0.335 e. The predicted octanol–water partition coefficient (Wildman–Crippen LogP) is 11.2. The molecule has 0 N–H and O–H groups in total. The zero-order valence-electron chi connectivity index (χ0n) is 22.3. The molecule has 2 unspecified atom stereocenters. The molecule has 12 heteroatoms.